The highest BCUT2D eigenvalue weighted by Crippen LogP contribution is 2.20. The lowest BCUT2D eigenvalue weighted by Crippen LogP contribution is -2.46. The first-order valence-electron chi connectivity index (χ1n) is 18.3. The SMILES string of the molecule is CCOC(=O)C(N=NC(=O)OC(C)(C)C)=C(O)Cc1ccc(C)cc1.CCOC(=O)C1=NCC=C(c2ccc(C)cc2)C1=O.CN(C)C(OC(C)(C)C)N(C)C.Cl. The van der Waals surface area contributed by atoms with Gasteiger partial charge in [-0.15, -0.1) is 17.5 Å². The molecule has 0 bridgehead atoms. The second kappa shape index (κ2) is 24.8. The van der Waals surface area contributed by atoms with Gasteiger partial charge in [0.25, 0.3) is 0 Å². The molecule has 0 aliphatic carbocycles. The molecule has 15 heteroatoms. The van der Waals surface area contributed by atoms with Gasteiger partial charge in [0.2, 0.25) is 11.5 Å². The lowest BCUT2D eigenvalue weighted by molar-refractivity contribution is -0.179. The monoisotopic (exact) mass is 815 g/mol. The number of esters is 2. The Morgan fingerprint density at radius 2 is 1.32 bits per heavy atom. The minimum absolute atomic E-state index is 0. The predicted molar refractivity (Wildman–Crippen MR) is 225 cm³/mol. The number of carbonyl (C=O) groups is 4. The number of aliphatic hydroxyl groups is 1. The summed E-state index contributed by atoms with van der Waals surface area (Å²) in [5.41, 5.74) is 2.90. The number of aliphatic hydroxyl groups excluding tert-OH is 1. The minimum atomic E-state index is -0.961. The van der Waals surface area contributed by atoms with E-state index in [4.69, 9.17) is 18.9 Å². The molecule has 3 rings (SSSR count). The van der Waals surface area contributed by atoms with Gasteiger partial charge in [0, 0.05) is 12.0 Å². The number of amides is 1. The first-order valence-corrected chi connectivity index (χ1v) is 18.3. The lowest BCUT2D eigenvalue weighted by Gasteiger charge is -2.35. The molecule has 1 N–H and O–H groups in total. The maximum absolute atomic E-state index is 12.2. The highest BCUT2D eigenvalue weighted by molar-refractivity contribution is 6.73. The number of ketones is 1. The summed E-state index contributed by atoms with van der Waals surface area (Å²) in [6.45, 7) is 19.1. The van der Waals surface area contributed by atoms with Crippen LogP contribution in [0.15, 0.2) is 81.3 Å². The zero-order valence-corrected chi connectivity index (χ0v) is 36.8. The van der Waals surface area contributed by atoms with Gasteiger partial charge in [0.05, 0.1) is 25.4 Å². The molecule has 2 aromatic carbocycles. The fourth-order valence-electron chi connectivity index (χ4n) is 4.62. The Morgan fingerprint density at radius 3 is 1.75 bits per heavy atom. The molecule has 57 heavy (non-hydrogen) atoms. The van der Waals surface area contributed by atoms with E-state index in [9.17, 15) is 24.3 Å². The highest BCUT2D eigenvalue weighted by atomic mass is 35.5. The summed E-state index contributed by atoms with van der Waals surface area (Å²) in [6.07, 6.45) is 0.875. The van der Waals surface area contributed by atoms with Crippen molar-refractivity contribution in [3.8, 4) is 0 Å². The van der Waals surface area contributed by atoms with E-state index in [1.807, 2.05) is 100 Å². The van der Waals surface area contributed by atoms with Crippen molar-refractivity contribution in [2.75, 3.05) is 47.9 Å². The molecule has 0 saturated heterocycles. The van der Waals surface area contributed by atoms with Crippen molar-refractivity contribution >= 4 is 47.5 Å². The average Bonchev–Trinajstić information content (AvgIpc) is 3.08. The molecule has 0 fully saturated rings. The summed E-state index contributed by atoms with van der Waals surface area (Å²) >= 11 is 0. The quantitative estimate of drug-likeness (QED) is 0.0585. The van der Waals surface area contributed by atoms with Crippen LogP contribution in [-0.4, -0.2) is 110 Å². The molecule has 0 saturated carbocycles. The minimum Gasteiger partial charge on any atom is -0.509 e. The molecule has 1 amide bonds. The molecule has 2 aromatic rings. The van der Waals surface area contributed by atoms with Gasteiger partial charge in [-0.2, -0.15) is 0 Å². The van der Waals surface area contributed by atoms with E-state index in [0.29, 0.717) is 12.1 Å². The zero-order valence-electron chi connectivity index (χ0n) is 36.0. The normalized spacial score (nSPS) is 13.3. The van der Waals surface area contributed by atoms with Crippen LogP contribution >= 0.6 is 12.4 Å². The molecule has 1 aliphatic rings. The Labute approximate surface area is 344 Å². The second-order valence-corrected chi connectivity index (χ2v) is 15.1. The summed E-state index contributed by atoms with van der Waals surface area (Å²) in [7, 11) is 8.04. The van der Waals surface area contributed by atoms with Crippen LogP contribution in [0.1, 0.15) is 77.6 Å². The summed E-state index contributed by atoms with van der Waals surface area (Å²) < 4.78 is 20.5. The van der Waals surface area contributed by atoms with Gasteiger partial charge < -0.3 is 24.1 Å². The number of azo groups is 1. The third-order valence-corrected chi connectivity index (χ3v) is 7.04. The highest BCUT2D eigenvalue weighted by Gasteiger charge is 2.28. The number of ether oxygens (including phenoxy) is 4. The van der Waals surface area contributed by atoms with Crippen LogP contribution < -0.4 is 0 Å². The largest absolute Gasteiger partial charge is 0.509 e. The van der Waals surface area contributed by atoms with Gasteiger partial charge >= 0.3 is 18.0 Å². The number of allylic oxidation sites excluding steroid dienone is 2. The molecular formula is C42H62ClN5O9. The first-order chi connectivity index (χ1) is 26.0. The standard InChI is InChI=1S/C18H24N2O5.C15H15NO3.C9H22N2O.ClH/c1-6-24-16(22)15(19-20-17(23)25-18(3,4)5)14(21)11-13-9-7-12(2)8-10-13;1-3-19-15(18)13-14(17)12(8-9-16-13)11-6-4-10(2)5-7-11;1-9(2,3)12-8(10(4)5)11(6)7;/h7-10,21H,6,11H2,1-5H3;4-8H,3,9H2,1-2H3;8H,1-7H3;1H. The van der Waals surface area contributed by atoms with Crippen molar-refractivity contribution in [2.45, 2.75) is 93.2 Å². The molecule has 0 radical (unpaired) electrons. The summed E-state index contributed by atoms with van der Waals surface area (Å²) in [5.74, 6) is -2.22. The van der Waals surface area contributed by atoms with Crippen molar-refractivity contribution in [3.05, 3.63) is 88.3 Å². The van der Waals surface area contributed by atoms with Crippen molar-refractivity contribution in [2.24, 2.45) is 15.2 Å². The number of aliphatic imine (C=N–C) groups is 1. The van der Waals surface area contributed by atoms with Crippen molar-refractivity contribution in [1.82, 2.24) is 9.80 Å². The fourth-order valence-corrected chi connectivity index (χ4v) is 4.62. The van der Waals surface area contributed by atoms with Crippen LogP contribution in [0.25, 0.3) is 5.57 Å². The Kier molecular flexibility index (Phi) is 22.7. The van der Waals surface area contributed by atoms with Gasteiger partial charge in [0.1, 0.15) is 11.4 Å². The fraction of sp³-hybridized carbons (Fsp3) is 0.500. The number of Topliss-reactive ketones (excluding diaryl/α,β-unsaturated/α-hetero) is 1. The smallest absolute Gasteiger partial charge is 0.452 e. The van der Waals surface area contributed by atoms with Gasteiger partial charge in [-0.1, -0.05) is 70.8 Å². The number of carbonyl (C=O) groups excluding carboxylic acids is 4. The third-order valence-electron chi connectivity index (χ3n) is 7.04. The number of aryl methyl sites for hydroxylation is 2. The van der Waals surface area contributed by atoms with Crippen LogP contribution in [0.3, 0.4) is 0 Å². The third kappa shape index (κ3) is 20.3. The number of rotatable bonds is 11. The van der Waals surface area contributed by atoms with E-state index >= 15 is 0 Å². The number of nitrogens with zero attached hydrogens (tertiary/aromatic N) is 5. The summed E-state index contributed by atoms with van der Waals surface area (Å²) in [6, 6.07) is 15.0. The van der Waals surface area contributed by atoms with E-state index in [2.05, 4.69) is 36.0 Å². The van der Waals surface area contributed by atoms with Crippen LogP contribution in [0.2, 0.25) is 0 Å². The number of hydrogen-bond donors (Lipinski definition) is 1. The molecule has 316 valence electrons. The molecule has 0 aromatic heterocycles. The van der Waals surface area contributed by atoms with Gasteiger partial charge in [-0.25, -0.2) is 14.4 Å². The number of benzene rings is 2. The molecular weight excluding hydrogens is 754 g/mol. The van der Waals surface area contributed by atoms with Crippen molar-refractivity contribution in [3.63, 3.8) is 0 Å². The summed E-state index contributed by atoms with van der Waals surface area (Å²) in [4.78, 5) is 55.5. The molecule has 1 aliphatic heterocycles. The maximum atomic E-state index is 12.2. The molecule has 1 heterocycles. The van der Waals surface area contributed by atoms with Crippen molar-refractivity contribution in [1.29, 1.82) is 0 Å². The second-order valence-electron chi connectivity index (χ2n) is 15.1. The Balaban J connectivity index is 0.000000869. The molecule has 0 unspecified atom stereocenters. The lowest BCUT2D eigenvalue weighted by atomic mass is 9.96. The van der Waals surface area contributed by atoms with E-state index < -0.39 is 29.3 Å². The van der Waals surface area contributed by atoms with Crippen LogP contribution in [0, 0.1) is 13.8 Å². The summed E-state index contributed by atoms with van der Waals surface area (Å²) in [5, 5.41) is 17.1. The van der Waals surface area contributed by atoms with E-state index in [-0.39, 0.29) is 61.2 Å². The van der Waals surface area contributed by atoms with Gasteiger partial charge in [-0.3, -0.25) is 19.6 Å². The topological polar surface area (TPSA) is 169 Å². The van der Waals surface area contributed by atoms with E-state index in [1.54, 1.807) is 40.7 Å². The molecule has 14 nitrogen and oxygen atoms in total. The number of halogens is 1. The predicted octanol–water partition coefficient (Wildman–Crippen LogP) is 7.85. The van der Waals surface area contributed by atoms with E-state index in [1.165, 1.54) is 0 Å². The van der Waals surface area contributed by atoms with Crippen LogP contribution in [0.5, 0.6) is 0 Å². The average molecular weight is 816 g/mol. The Bertz CT molecular complexity index is 1730. The van der Waals surface area contributed by atoms with Crippen molar-refractivity contribution < 1.29 is 43.2 Å². The maximum Gasteiger partial charge on any atom is 0.452 e. The van der Waals surface area contributed by atoms with Crippen LogP contribution in [0.4, 0.5) is 4.79 Å². The Hall–Kier alpha value is -4.76. The first kappa shape index (κ1) is 52.2. The Morgan fingerprint density at radius 1 is 0.807 bits per heavy atom. The van der Waals surface area contributed by atoms with Crippen LogP contribution in [-0.2, 0) is 39.8 Å². The molecule has 0 atom stereocenters. The molecule has 0 spiro atoms. The number of dihydropyridines is 1. The van der Waals surface area contributed by atoms with Gasteiger partial charge in [-0.05, 0) is 109 Å². The van der Waals surface area contributed by atoms with Gasteiger partial charge in [0.15, 0.2) is 12.1 Å². The number of hydrogen-bond acceptors (Lipinski definition) is 13. The zero-order chi connectivity index (χ0) is 42.8. The van der Waals surface area contributed by atoms with E-state index in [0.717, 1.165) is 22.3 Å².